The van der Waals surface area contributed by atoms with Gasteiger partial charge in [0.2, 0.25) is 0 Å². The molecular weight excluding hydrogens is 405 g/mol. The predicted molar refractivity (Wildman–Crippen MR) is 98.2 cm³/mol. The minimum Gasteiger partial charge on any atom is -0.493 e. The van der Waals surface area contributed by atoms with E-state index in [1.165, 1.54) is 0 Å². The third kappa shape index (κ3) is 6.60. The number of rotatable bonds is 7. The van der Waals surface area contributed by atoms with E-state index in [4.69, 9.17) is 26.8 Å². The number of aliphatic imine (C=N–C) groups is 1. The molecule has 0 saturated heterocycles. The molecule has 0 heterocycles. The molecule has 0 saturated carbocycles. The molecule has 0 fully saturated rings. The minimum atomic E-state index is 0. The number of benzene rings is 1. The first-order chi connectivity index (χ1) is 9.62. The molecule has 1 rings (SSSR count). The van der Waals surface area contributed by atoms with Gasteiger partial charge >= 0.3 is 0 Å². The van der Waals surface area contributed by atoms with Crippen LogP contribution in [-0.2, 0) is 6.54 Å². The fourth-order valence-electron chi connectivity index (χ4n) is 1.63. The molecule has 0 amide bonds. The van der Waals surface area contributed by atoms with Crippen LogP contribution in [0.3, 0.4) is 0 Å². The molecule has 0 atom stereocenters. The summed E-state index contributed by atoms with van der Waals surface area (Å²) in [4.78, 5) is 4.25. The minimum absolute atomic E-state index is 0. The second-order valence-electron chi connectivity index (χ2n) is 4.17. The molecule has 0 radical (unpaired) electrons. The maximum absolute atomic E-state index is 6.19. The van der Waals surface area contributed by atoms with Crippen LogP contribution in [0.15, 0.2) is 17.1 Å². The molecule has 0 aliphatic rings. The van der Waals surface area contributed by atoms with Crippen LogP contribution in [0.4, 0.5) is 0 Å². The SMILES string of the molecule is CCCNC(N)=NCc1cc(Cl)c(OCC)c(OC)c1.I. The van der Waals surface area contributed by atoms with Crippen molar-refractivity contribution >= 4 is 41.5 Å². The van der Waals surface area contributed by atoms with Crippen molar-refractivity contribution in [2.75, 3.05) is 20.3 Å². The van der Waals surface area contributed by atoms with Gasteiger partial charge in [-0.3, -0.25) is 0 Å². The Bertz CT molecular complexity index is 470. The van der Waals surface area contributed by atoms with Gasteiger partial charge in [0.05, 0.1) is 25.3 Å². The van der Waals surface area contributed by atoms with Gasteiger partial charge in [-0.15, -0.1) is 24.0 Å². The Morgan fingerprint density at radius 3 is 2.67 bits per heavy atom. The number of ether oxygens (including phenoxy) is 2. The second-order valence-corrected chi connectivity index (χ2v) is 4.58. The second kappa shape index (κ2) is 10.8. The number of hydrogen-bond donors (Lipinski definition) is 2. The molecule has 0 unspecified atom stereocenters. The standard InChI is InChI=1S/C14H22ClN3O2.HI/c1-4-6-17-14(16)18-9-10-7-11(15)13(20-5-2)12(8-10)19-3;/h7-8H,4-6,9H2,1-3H3,(H3,16,17,18);1H. The number of hydrogen-bond acceptors (Lipinski definition) is 3. The summed E-state index contributed by atoms with van der Waals surface area (Å²) in [6.45, 7) is 5.74. The van der Waals surface area contributed by atoms with Crippen LogP contribution in [0.2, 0.25) is 5.02 Å². The molecule has 0 spiro atoms. The fraction of sp³-hybridized carbons (Fsp3) is 0.500. The zero-order chi connectivity index (χ0) is 15.0. The highest BCUT2D eigenvalue weighted by molar-refractivity contribution is 14.0. The van der Waals surface area contributed by atoms with E-state index in [-0.39, 0.29) is 24.0 Å². The summed E-state index contributed by atoms with van der Waals surface area (Å²) < 4.78 is 10.7. The summed E-state index contributed by atoms with van der Waals surface area (Å²) >= 11 is 6.19. The first-order valence-corrected chi connectivity index (χ1v) is 7.03. The molecule has 5 nitrogen and oxygen atoms in total. The van der Waals surface area contributed by atoms with E-state index in [1.807, 2.05) is 19.1 Å². The van der Waals surface area contributed by atoms with Crippen LogP contribution in [0.5, 0.6) is 11.5 Å². The largest absolute Gasteiger partial charge is 0.493 e. The van der Waals surface area contributed by atoms with Crippen molar-refractivity contribution in [1.29, 1.82) is 0 Å². The van der Waals surface area contributed by atoms with E-state index < -0.39 is 0 Å². The average Bonchev–Trinajstić information content (AvgIpc) is 2.45. The Morgan fingerprint density at radius 2 is 2.10 bits per heavy atom. The van der Waals surface area contributed by atoms with Gasteiger partial charge in [0.25, 0.3) is 0 Å². The van der Waals surface area contributed by atoms with Crippen molar-refractivity contribution in [3.63, 3.8) is 0 Å². The summed E-state index contributed by atoms with van der Waals surface area (Å²) in [7, 11) is 1.58. The third-order valence-electron chi connectivity index (χ3n) is 2.57. The molecule has 0 bridgehead atoms. The lowest BCUT2D eigenvalue weighted by Gasteiger charge is -2.12. The number of guanidine groups is 1. The summed E-state index contributed by atoms with van der Waals surface area (Å²) in [5, 5.41) is 3.53. The van der Waals surface area contributed by atoms with E-state index in [1.54, 1.807) is 7.11 Å². The number of nitrogens with zero attached hydrogens (tertiary/aromatic N) is 1. The fourth-order valence-corrected chi connectivity index (χ4v) is 1.92. The summed E-state index contributed by atoms with van der Waals surface area (Å²) in [5.41, 5.74) is 6.66. The lowest BCUT2D eigenvalue weighted by Crippen LogP contribution is -2.32. The molecule has 120 valence electrons. The highest BCUT2D eigenvalue weighted by Crippen LogP contribution is 2.36. The van der Waals surface area contributed by atoms with E-state index in [0.29, 0.717) is 35.6 Å². The lowest BCUT2D eigenvalue weighted by molar-refractivity contribution is 0.311. The zero-order valence-corrected chi connectivity index (χ0v) is 15.7. The van der Waals surface area contributed by atoms with Gasteiger partial charge in [-0.2, -0.15) is 0 Å². The molecule has 0 aliphatic carbocycles. The molecular formula is C14H23ClIN3O2. The summed E-state index contributed by atoms with van der Waals surface area (Å²) in [6.07, 6.45) is 0.999. The third-order valence-corrected chi connectivity index (χ3v) is 2.85. The van der Waals surface area contributed by atoms with Crippen molar-refractivity contribution in [1.82, 2.24) is 5.32 Å². The topological polar surface area (TPSA) is 68.9 Å². The highest BCUT2D eigenvalue weighted by atomic mass is 127. The van der Waals surface area contributed by atoms with Gasteiger partial charge in [-0.1, -0.05) is 18.5 Å². The number of methoxy groups -OCH3 is 1. The Kier molecular flexibility index (Phi) is 10.3. The normalized spacial score (nSPS) is 10.8. The highest BCUT2D eigenvalue weighted by Gasteiger charge is 2.11. The van der Waals surface area contributed by atoms with Gasteiger partial charge in [0.1, 0.15) is 0 Å². The molecule has 0 aliphatic heterocycles. The maximum atomic E-state index is 6.19. The van der Waals surface area contributed by atoms with Crippen LogP contribution in [0.25, 0.3) is 0 Å². The average molecular weight is 428 g/mol. The van der Waals surface area contributed by atoms with Gasteiger partial charge in [-0.25, -0.2) is 4.99 Å². The lowest BCUT2D eigenvalue weighted by atomic mass is 10.2. The van der Waals surface area contributed by atoms with Crippen LogP contribution < -0.4 is 20.5 Å². The Labute approximate surface area is 148 Å². The predicted octanol–water partition coefficient (Wildman–Crippen LogP) is 3.18. The first-order valence-electron chi connectivity index (χ1n) is 6.65. The van der Waals surface area contributed by atoms with Crippen LogP contribution in [0.1, 0.15) is 25.8 Å². The molecule has 1 aromatic rings. The van der Waals surface area contributed by atoms with Crippen molar-refractivity contribution in [2.45, 2.75) is 26.8 Å². The molecule has 21 heavy (non-hydrogen) atoms. The zero-order valence-electron chi connectivity index (χ0n) is 12.6. The van der Waals surface area contributed by atoms with Gasteiger partial charge in [-0.05, 0) is 31.0 Å². The van der Waals surface area contributed by atoms with Crippen molar-refractivity contribution in [2.24, 2.45) is 10.7 Å². The van der Waals surface area contributed by atoms with Crippen LogP contribution in [0, 0.1) is 0 Å². The summed E-state index contributed by atoms with van der Waals surface area (Å²) in [6, 6.07) is 3.67. The van der Waals surface area contributed by atoms with Gasteiger partial charge in [0, 0.05) is 6.54 Å². The molecule has 0 aromatic heterocycles. The van der Waals surface area contributed by atoms with Gasteiger partial charge in [0.15, 0.2) is 17.5 Å². The Morgan fingerprint density at radius 1 is 1.38 bits per heavy atom. The van der Waals surface area contributed by atoms with E-state index in [0.717, 1.165) is 18.5 Å². The van der Waals surface area contributed by atoms with Crippen molar-refractivity contribution < 1.29 is 9.47 Å². The Balaban J connectivity index is 0.00000400. The van der Waals surface area contributed by atoms with E-state index in [9.17, 15) is 0 Å². The van der Waals surface area contributed by atoms with Crippen LogP contribution in [-0.4, -0.2) is 26.2 Å². The quantitative estimate of drug-likeness (QED) is 0.398. The monoisotopic (exact) mass is 427 g/mol. The van der Waals surface area contributed by atoms with E-state index in [2.05, 4.69) is 17.2 Å². The molecule has 3 N–H and O–H groups in total. The van der Waals surface area contributed by atoms with E-state index >= 15 is 0 Å². The number of nitrogens with one attached hydrogen (secondary N) is 1. The molecule has 1 aromatic carbocycles. The van der Waals surface area contributed by atoms with Crippen LogP contribution >= 0.6 is 35.6 Å². The smallest absolute Gasteiger partial charge is 0.188 e. The summed E-state index contributed by atoms with van der Waals surface area (Å²) in [5.74, 6) is 1.59. The number of nitrogens with two attached hydrogens (primary N) is 1. The number of halogens is 2. The Hall–Kier alpha value is -0.890. The first kappa shape index (κ1) is 20.1. The van der Waals surface area contributed by atoms with Crippen molar-refractivity contribution in [3.8, 4) is 11.5 Å². The van der Waals surface area contributed by atoms with Crippen molar-refractivity contribution in [3.05, 3.63) is 22.7 Å². The molecule has 7 heteroatoms. The van der Waals surface area contributed by atoms with Gasteiger partial charge < -0.3 is 20.5 Å². The maximum Gasteiger partial charge on any atom is 0.188 e.